The van der Waals surface area contributed by atoms with Gasteiger partial charge in [0.1, 0.15) is 23.1 Å². The second-order valence-corrected chi connectivity index (χ2v) is 10.9. The van der Waals surface area contributed by atoms with E-state index >= 15 is 0 Å². The highest BCUT2D eigenvalue weighted by Gasteiger charge is 2.26. The fourth-order valence-corrected chi connectivity index (χ4v) is 4.70. The second kappa shape index (κ2) is 12.1. The molecule has 0 aliphatic heterocycles. The SMILES string of the molecule is COc1cc(Cc2cnc(N)nc2N)cc(OC)c1C(C)(C)O.Cc1cc(NS(=O)(=O)c2ccc(N)cc2)no1. The average Bonchev–Trinajstić information content (AvgIpc) is 3.28. The zero-order chi connectivity index (χ0) is 29.7. The number of rotatable bonds is 8. The van der Waals surface area contributed by atoms with Gasteiger partial charge in [-0.15, -0.1) is 0 Å². The highest BCUT2D eigenvalue weighted by atomic mass is 32.2. The van der Waals surface area contributed by atoms with E-state index in [0.717, 1.165) is 11.1 Å². The van der Waals surface area contributed by atoms with Crippen molar-refractivity contribution in [3.8, 4) is 11.5 Å². The predicted molar refractivity (Wildman–Crippen MR) is 151 cm³/mol. The van der Waals surface area contributed by atoms with Crippen LogP contribution < -0.4 is 31.4 Å². The van der Waals surface area contributed by atoms with Crippen molar-refractivity contribution in [2.24, 2.45) is 0 Å². The molecule has 2 aromatic carbocycles. The van der Waals surface area contributed by atoms with Crippen molar-refractivity contribution in [1.82, 2.24) is 15.1 Å². The van der Waals surface area contributed by atoms with E-state index in [1.54, 1.807) is 41.2 Å². The molecule has 0 saturated carbocycles. The molecule has 0 aliphatic carbocycles. The zero-order valence-electron chi connectivity index (χ0n) is 22.8. The summed E-state index contributed by atoms with van der Waals surface area (Å²) in [5, 5.41) is 13.9. The maximum atomic E-state index is 11.9. The summed E-state index contributed by atoms with van der Waals surface area (Å²) in [5.41, 5.74) is 18.5. The van der Waals surface area contributed by atoms with Crippen molar-refractivity contribution >= 4 is 33.3 Å². The first-order valence-corrected chi connectivity index (χ1v) is 13.4. The Balaban J connectivity index is 0.000000230. The van der Waals surface area contributed by atoms with E-state index in [4.69, 9.17) is 31.2 Å². The molecule has 2 aromatic heterocycles. The monoisotopic (exact) mass is 571 g/mol. The van der Waals surface area contributed by atoms with Gasteiger partial charge in [0, 0.05) is 29.9 Å². The number of aliphatic hydroxyl groups is 1. The lowest BCUT2D eigenvalue weighted by Crippen LogP contribution is -2.18. The number of anilines is 4. The van der Waals surface area contributed by atoms with Gasteiger partial charge < -0.3 is 36.3 Å². The minimum atomic E-state index is -3.64. The van der Waals surface area contributed by atoms with E-state index in [0.29, 0.717) is 40.7 Å². The van der Waals surface area contributed by atoms with Gasteiger partial charge in [-0.05, 0) is 62.7 Å². The number of hydrogen-bond donors (Lipinski definition) is 5. The standard InChI is InChI=1S/C16H22N4O3.C10H11N3O3S/c1-16(2,21)13-11(22-3)6-9(7-12(13)23-4)5-10-8-19-15(18)20-14(10)17;1-7-6-10(12-16-7)13-17(14,15)9-4-2-8(11)3-5-9/h6-8,21H,5H2,1-4H3,(H4,17,18,19,20);2-6H,11H2,1H3,(H,12,13). The summed E-state index contributed by atoms with van der Waals surface area (Å²) in [7, 11) is -0.545. The first-order valence-electron chi connectivity index (χ1n) is 11.9. The van der Waals surface area contributed by atoms with Crippen LogP contribution >= 0.6 is 0 Å². The molecule has 0 amide bonds. The van der Waals surface area contributed by atoms with Crippen LogP contribution in [0.3, 0.4) is 0 Å². The topological polar surface area (TPSA) is 215 Å². The summed E-state index contributed by atoms with van der Waals surface area (Å²) >= 11 is 0. The lowest BCUT2D eigenvalue weighted by atomic mass is 9.93. The summed E-state index contributed by atoms with van der Waals surface area (Å²) in [6.45, 7) is 5.03. The molecule has 0 radical (unpaired) electrons. The van der Waals surface area contributed by atoms with Crippen LogP contribution in [0.1, 0.15) is 36.3 Å². The molecule has 214 valence electrons. The molecular formula is C26H33N7O6S. The summed E-state index contributed by atoms with van der Waals surface area (Å²) < 4.78 is 41.7. The van der Waals surface area contributed by atoms with Crippen molar-refractivity contribution in [3.63, 3.8) is 0 Å². The van der Waals surface area contributed by atoms with Crippen LogP contribution in [0.15, 0.2) is 58.1 Å². The van der Waals surface area contributed by atoms with Gasteiger partial charge in [0.25, 0.3) is 10.0 Å². The van der Waals surface area contributed by atoms with Gasteiger partial charge in [-0.1, -0.05) is 5.16 Å². The lowest BCUT2D eigenvalue weighted by molar-refractivity contribution is 0.0725. The molecular weight excluding hydrogens is 538 g/mol. The van der Waals surface area contributed by atoms with Crippen LogP contribution in [0.4, 0.5) is 23.3 Å². The molecule has 14 heteroatoms. The Morgan fingerprint density at radius 2 is 1.62 bits per heavy atom. The highest BCUT2D eigenvalue weighted by molar-refractivity contribution is 7.92. The largest absolute Gasteiger partial charge is 0.496 e. The third kappa shape index (κ3) is 7.51. The smallest absolute Gasteiger partial charge is 0.263 e. The fraction of sp³-hybridized carbons (Fsp3) is 0.269. The minimum Gasteiger partial charge on any atom is -0.496 e. The number of sulfonamides is 1. The highest BCUT2D eigenvalue weighted by Crippen LogP contribution is 2.39. The predicted octanol–water partition coefficient (Wildman–Crippen LogP) is 2.84. The molecule has 40 heavy (non-hydrogen) atoms. The summed E-state index contributed by atoms with van der Waals surface area (Å²) in [5.74, 6) is 2.24. The number of hydrogen-bond acceptors (Lipinski definition) is 12. The Hall–Kier alpha value is -4.56. The Labute approximate surface area is 232 Å². The fourth-order valence-electron chi connectivity index (χ4n) is 3.72. The first-order chi connectivity index (χ1) is 18.7. The van der Waals surface area contributed by atoms with Gasteiger partial charge >= 0.3 is 0 Å². The van der Waals surface area contributed by atoms with Gasteiger partial charge in [0.05, 0.1) is 30.3 Å². The van der Waals surface area contributed by atoms with Crippen LogP contribution in [0.25, 0.3) is 0 Å². The Bertz CT molecular complexity index is 1540. The number of aryl methyl sites for hydroxylation is 1. The van der Waals surface area contributed by atoms with Gasteiger partial charge in [0.2, 0.25) is 5.95 Å². The van der Waals surface area contributed by atoms with E-state index in [-0.39, 0.29) is 16.7 Å². The van der Waals surface area contributed by atoms with Gasteiger partial charge in [-0.25, -0.2) is 13.4 Å². The molecule has 8 N–H and O–H groups in total. The Morgan fingerprint density at radius 3 is 2.10 bits per heavy atom. The number of methoxy groups -OCH3 is 2. The van der Waals surface area contributed by atoms with E-state index in [9.17, 15) is 13.5 Å². The Kier molecular flexibility index (Phi) is 9.06. The van der Waals surface area contributed by atoms with Gasteiger partial charge in [-0.3, -0.25) is 4.72 Å². The molecule has 0 aliphatic rings. The minimum absolute atomic E-state index is 0.118. The molecule has 0 spiro atoms. The number of nitrogens with zero attached hydrogens (tertiary/aromatic N) is 3. The molecule has 4 aromatic rings. The van der Waals surface area contributed by atoms with E-state index in [2.05, 4.69) is 19.8 Å². The maximum absolute atomic E-state index is 11.9. The van der Waals surface area contributed by atoms with Crippen molar-refractivity contribution in [1.29, 1.82) is 0 Å². The van der Waals surface area contributed by atoms with E-state index < -0.39 is 15.6 Å². The first kappa shape index (κ1) is 30.0. The van der Waals surface area contributed by atoms with Crippen LogP contribution in [-0.4, -0.2) is 42.9 Å². The molecule has 0 unspecified atom stereocenters. The molecule has 0 bridgehead atoms. The quantitative estimate of drug-likeness (QED) is 0.193. The van der Waals surface area contributed by atoms with Crippen molar-refractivity contribution < 1.29 is 27.5 Å². The zero-order valence-corrected chi connectivity index (χ0v) is 23.6. The van der Waals surface area contributed by atoms with Crippen LogP contribution in [0.5, 0.6) is 11.5 Å². The summed E-state index contributed by atoms with van der Waals surface area (Å²) in [6, 6.07) is 11.0. The number of ether oxygens (including phenoxy) is 2. The summed E-state index contributed by atoms with van der Waals surface area (Å²) in [6.07, 6.45) is 2.09. The molecule has 0 saturated heterocycles. The van der Waals surface area contributed by atoms with Crippen LogP contribution in [0.2, 0.25) is 0 Å². The van der Waals surface area contributed by atoms with E-state index in [1.165, 1.54) is 30.3 Å². The number of benzene rings is 2. The second-order valence-electron chi connectivity index (χ2n) is 9.25. The number of nitrogens with two attached hydrogens (primary N) is 3. The molecule has 2 heterocycles. The molecule has 0 fully saturated rings. The van der Waals surface area contributed by atoms with E-state index in [1.807, 2.05) is 12.1 Å². The lowest BCUT2D eigenvalue weighted by Gasteiger charge is -2.24. The maximum Gasteiger partial charge on any atom is 0.263 e. The molecule has 0 atom stereocenters. The molecule has 4 rings (SSSR count). The normalized spacial score (nSPS) is 11.3. The third-order valence-electron chi connectivity index (χ3n) is 5.55. The van der Waals surface area contributed by atoms with Crippen LogP contribution in [-0.2, 0) is 22.0 Å². The van der Waals surface area contributed by atoms with Gasteiger partial charge in [-0.2, -0.15) is 4.98 Å². The van der Waals surface area contributed by atoms with Crippen LogP contribution in [0, 0.1) is 6.92 Å². The Morgan fingerprint density at radius 1 is 1.02 bits per heavy atom. The number of nitrogens with one attached hydrogen (secondary N) is 1. The number of nitrogen functional groups attached to an aromatic ring is 3. The van der Waals surface area contributed by atoms with Crippen molar-refractivity contribution in [3.05, 3.63) is 71.1 Å². The number of aromatic nitrogens is 3. The third-order valence-corrected chi connectivity index (χ3v) is 6.92. The van der Waals surface area contributed by atoms with Crippen molar-refractivity contribution in [2.75, 3.05) is 36.1 Å². The average molecular weight is 572 g/mol. The van der Waals surface area contributed by atoms with Crippen molar-refractivity contribution in [2.45, 2.75) is 37.7 Å². The van der Waals surface area contributed by atoms with Gasteiger partial charge in [0.15, 0.2) is 5.82 Å². The molecule has 13 nitrogen and oxygen atoms in total. The summed E-state index contributed by atoms with van der Waals surface area (Å²) in [4.78, 5) is 8.03.